The predicted molar refractivity (Wildman–Crippen MR) is 63.8 cm³/mol. The quantitative estimate of drug-likeness (QED) is 0.807. The van der Waals surface area contributed by atoms with Gasteiger partial charge in [-0.2, -0.15) is 4.98 Å². The van der Waals surface area contributed by atoms with E-state index in [1.165, 1.54) is 0 Å². The van der Waals surface area contributed by atoms with Gasteiger partial charge in [-0.15, -0.1) is 0 Å². The van der Waals surface area contributed by atoms with E-state index >= 15 is 0 Å². The molecule has 0 saturated carbocycles. The number of anilines is 2. The molecule has 0 aliphatic carbocycles. The summed E-state index contributed by atoms with van der Waals surface area (Å²) in [6, 6.07) is 2.25. The molecule has 4 heteroatoms. The summed E-state index contributed by atoms with van der Waals surface area (Å²) in [5, 5.41) is 0. The minimum absolute atomic E-state index is 0.203. The van der Waals surface area contributed by atoms with Gasteiger partial charge in [0.15, 0.2) is 0 Å². The SMILES string of the molecule is CC(N(C)c1ccnc(N)n1)C(C)(C)C. The zero-order chi connectivity index (χ0) is 11.6. The van der Waals surface area contributed by atoms with E-state index in [0.29, 0.717) is 12.0 Å². The van der Waals surface area contributed by atoms with Gasteiger partial charge in [0.05, 0.1) is 0 Å². The molecule has 0 spiro atoms. The first kappa shape index (κ1) is 11.8. The van der Waals surface area contributed by atoms with Crippen LogP contribution in [0.5, 0.6) is 0 Å². The van der Waals surface area contributed by atoms with E-state index in [9.17, 15) is 0 Å². The fraction of sp³-hybridized carbons (Fsp3) is 0.636. The average Bonchev–Trinajstić information content (AvgIpc) is 2.14. The first-order valence-corrected chi connectivity index (χ1v) is 5.13. The van der Waals surface area contributed by atoms with Crippen LogP contribution in [0.15, 0.2) is 12.3 Å². The second kappa shape index (κ2) is 4.04. The molecule has 0 saturated heterocycles. The molecule has 15 heavy (non-hydrogen) atoms. The van der Waals surface area contributed by atoms with Gasteiger partial charge in [-0.05, 0) is 18.4 Å². The third kappa shape index (κ3) is 2.81. The zero-order valence-corrected chi connectivity index (χ0v) is 10.2. The van der Waals surface area contributed by atoms with Crippen LogP contribution < -0.4 is 10.6 Å². The predicted octanol–water partition coefficient (Wildman–Crippen LogP) is 1.93. The summed E-state index contributed by atoms with van der Waals surface area (Å²) < 4.78 is 0. The van der Waals surface area contributed by atoms with Crippen molar-refractivity contribution in [2.24, 2.45) is 5.41 Å². The molecule has 1 atom stereocenters. The van der Waals surface area contributed by atoms with Gasteiger partial charge in [0.2, 0.25) is 5.95 Å². The van der Waals surface area contributed by atoms with Crippen LogP contribution in [0.4, 0.5) is 11.8 Å². The molecule has 84 valence electrons. The van der Waals surface area contributed by atoms with E-state index in [-0.39, 0.29) is 5.41 Å². The second-order valence-electron chi connectivity index (χ2n) is 4.93. The molecule has 0 radical (unpaired) electrons. The van der Waals surface area contributed by atoms with Gasteiger partial charge in [0.25, 0.3) is 0 Å². The highest BCUT2D eigenvalue weighted by molar-refractivity contribution is 5.41. The Bertz CT molecular complexity index is 330. The monoisotopic (exact) mass is 208 g/mol. The van der Waals surface area contributed by atoms with Gasteiger partial charge in [0, 0.05) is 19.3 Å². The lowest BCUT2D eigenvalue weighted by atomic mass is 9.87. The lowest BCUT2D eigenvalue weighted by Crippen LogP contribution is -2.39. The van der Waals surface area contributed by atoms with Gasteiger partial charge in [-0.3, -0.25) is 0 Å². The van der Waals surface area contributed by atoms with Crippen molar-refractivity contribution in [3.05, 3.63) is 12.3 Å². The maximum Gasteiger partial charge on any atom is 0.221 e. The molecule has 1 aromatic heterocycles. The van der Waals surface area contributed by atoms with Crippen molar-refractivity contribution in [2.75, 3.05) is 17.7 Å². The molecule has 4 nitrogen and oxygen atoms in total. The Balaban J connectivity index is 2.90. The average molecular weight is 208 g/mol. The minimum atomic E-state index is 0.203. The van der Waals surface area contributed by atoms with E-state index in [0.717, 1.165) is 5.82 Å². The minimum Gasteiger partial charge on any atom is -0.368 e. The summed E-state index contributed by atoms with van der Waals surface area (Å²) in [5.74, 6) is 1.19. The Morgan fingerprint density at radius 3 is 2.47 bits per heavy atom. The van der Waals surface area contributed by atoms with Crippen LogP contribution in [-0.2, 0) is 0 Å². The highest BCUT2D eigenvalue weighted by atomic mass is 15.2. The molecule has 0 aliphatic heterocycles. The number of nitrogens with zero attached hydrogens (tertiary/aromatic N) is 3. The first-order chi connectivity index (χ1) is 6.82. The highest BCUT2D eigenvalue weighted by Gasteiger charge is 2.24. The Hall–Kier alpha value is -1.32. The maximum absolute atomic E-state index is 5.56. The molecule has 0 bridgehead atoms. The molecule has 0 amide bonds. The van der Waals surface area contributed by atoms with Crippen LogP contribution in [0.3, 0.4) is 0 Å². The second-order valence-corrected chi connectivity index (χ2v) is 4.93. The van der Waals surface area contributed by atoms with E-state index in [2.05, 4.69) is 42.6 Å². The highest BCUT2D eigenvalue weighted by Crippen LogP contribution is 2.26. The van der Waals surface area contributed by atoms with E-state index in [1.54, 1.807) is 6.20 Å². The Morgan fingerprint density at radius 2 is 2.00 bits per heavy atom. The number of hydrogen-bond acceptors (Lipinski definition) is 4. The molecule has 0 aliphatic rings. The van der Waals surface area contributed by atoms with Crippen molar-refractivity contribution in [1.29, 1.82) is 0 Å². The lowest BCUT2D eigenvalue weighted by molar-refractivity contribution is 0.328. The van der Waals surface area contributed by atoms with Crippen LogP contribution in [0.25, 0.3) is 0 Å². The molecule has 0 fully saturated rings. The number of nitrogen functional groups attached to an aromatic ring is 1. The Morgan fingerprint density at radius 1 is 1.40 bits per heavy atom. The largest absolute Gasteiger partial charge is 0.368 e. The summed E-state index contributed by atoms with van der Waals surface area (Å²) >= 11 is 0. The molecular formula is C11H20N4. The summed E-state index contributed by atoms with van der Waals surface area (Å²) in [6.07, 6.45) is 1.68. The van der Waals surface area contributed by atoms with E-state index in [4.69, 9.17) is 5.73 Å². The molecule has 0 aromatic carbocycles. The van der Waals surface area contributed by atoms with Crippen molar-refractivity contribution in [1.82, 2.24) is 9.97 Å². The molecule has 1 heterocycles. The topological polar surface area (TPSA) is 55.0 Å². The molecule has 1 aromatic rings. The molecule has 1 unspecified atom stereocenters. The smallest absolute Gasteiger partial charge is 0.221 e. The summed E-state index contributed by atoms with van der Waals surface area (Å²) in [4.78, 5) is 10.2. The van der Waals surface area contributed by atoms with Gasteiger partial charge in [0.1, 0.15) is 5.82 Å². The number of aromatic nitrogens is 2. The lowest BCUT2D eigenvalue weighted by Gasteiger charge is -2.36. The maximum atomic E-state index is 5.56. The molecule has 1 rings (SSSR count). The van der Waals surface area contributed by atoms with Crippen molar-refractivity contribution < 1.29 is 0 Å². The molecular weight excluding hydrogens is 188 g/mol. The van der Waals surface area contributed by atoms with Crippen LogP contribution in [0.1, 0.15) is 27.7 Å². The normalized spacial score (nSPS) is 13.7. The number of hydrogen-bond donors (Lipinski definition) is 1. The Labute approximate surface area is 91.5 Å². The van der Waals surface area contributed by atoms with Crippen LogP contribution in [-0.4, -0.2) is 23.1 Å². The van der Waals surface area contributed by atoms with Crippen molar-refractivity contribution in [3.8, 4) is 0 Å². The first-order valence-electron chi connectivity index (χ1n) is 5.13. The van der Waals surface area contributed by atoms with Gasteiger partial charge in [-0.25, -0.2) is 4.98 Å². The standard InChI is InChI=1S/C11H20N4/c1-8(11(2,3)4)15(5)9-6-7-13-10(12)14-9/h6-8H,1-5H3,(H2,12,13,14). The van der Waals surface area contributed by atoms with Crippen LogP contribution in [0, 0.1) is 5.41 Å². The fourth-order valence-corrected chi connectivity index (χ4v) is 1.34. The molecule has 2 N–H and O–H groups in total. The van der Waals surface area contributed by atoms with Crippen LogP contribution in [0.2, 0.25) is 0 Å². The van der Waals surface area contributed by atoms with Crippen molar-refractivity contribution >= 4 is 11.8 Å². The summed E-state index contributed by atoms with van der Waals surface area (Å²) in [7, 11) is 2.03. The third-order valence-electron chi connectivity index (χ3n) is 2.86. The van der Waals surface area contributed by atoms with Crippen LogP contribution >= 0.6 is 0 Å². The van der Waals surface area contributed by atoms with Crippen molar-refractivity contribution in [2.45, 2.75) is 33.7 Å². The van der Waals surface area contributed by atoms with Gasteiger partial charge in [-0.1, -0.05) is 20.8 Å². The number of nitrogens with two attached hydrogens (primary N) is 1. The van der Waals surface area contributed by atoms with Gasteiger partial charge >= 0.3 is 0 Å². The fourth-order valence-electron chi connectivity index (χ4n) is 1.34. The van der Waals surface area contributed by atoms with E-state index in [1.807, 2.05) is 13.1 Å². The third-order valence-corrected chi connectivity index (χ3v) is 2.86. The number of rotatable bonds is 2. The summed E-state index contributed by atoms with van der Waals surface area (Å²) in [6.45, 7) is 8.80. The van der Waals surface area contributed by atoms with E-state index < -0.39 is 0 Å². The summed E-state index contributed by atoms with van der Waals surface area (Å²) in [5.41, 5.74) is 5.76. The van der Waals surface area contributed by atoms with Crippen molar-refractivity contribution in [3.63, 3.8) is 0 Å². The van der Waals surface area contributed by atoms with Gasteiger partial charge < -0.3 is 10.6 Å². The zero-order valence-electron chi connectivity index (χ0n) is 10.2. The Kier molecular flexibility index (Phi) is 3.17.